The van der Waals surface area contributed by atoms with Crippen LogP contribution in [0.2, 0.25) is 0 Å². The molecule has 1 atom stereocenters. The zero-order chi connectivity index (χ0) is 18.7. The topological polar surface area (TPSA) is 38.8 Å². The molecule has 0 spiro atoms. The summed E-state index contributed by atoms with van der Waals surface area (Å²) in [5, 5.41) is 0. The molecule has 1 saturated heterocycles. The highest BCUT2D eigenvalue weighted by molar-refractivity contribution is 5.95. The van der Waals surface area contributed by atoms with Crippen molar-refractivity contribution < 1.29 is 18.7 Å². The Morgan fingerprint density at radius 1 is 1.15 bits per heavy atom. The second kappa shape index (κ2) is 7.77. The molecule has 1 fully saturated rings. The number of amides is 1. The maximum absolute atomic E-state index is 13.5. The first-order valence-corrected chi connectivity index (χ1v) is 8.78. The highest BCUT2D eigenvalue weighted by Gasteiger charge is 2.28. The largest absolute Gasteiger partial charge is 0.493 e. The first-order chi connectivity index (χ1) is 12.5. The fourth-order valence-electron chi connectivity index (χ4n) is 3.52. The molecular weight excluding hydrogens is 333 g/mol. The number of hydrogen-bond donors (Lipinski definition) is 0. The van der Waals surface area contributed by atoms with Crippen LogP contribution in [0.15, 0.2) is 36.4 Å². The van der Waals surface area contributed by atoms with Gasteiger partial charge in [-0.1, -0.05) is 12.1 Å². The first-order valence-electron chi connectivity index (χ1n) is 8.78. The Labute approximate surface area is 153 Å². The van der Waals surface area contributed by atoms with Crippen molar-refractivity contribution in [1.29, 1.82) is 0 Å². The molecule has 2 aromatic carbocycles. The number of ether oxygens (including phenoxy) is 2. The number of rotatable bonds is 5. The van der Waals surface area contributed by atoms with Crippen molar-refractivity contribution in [2.24, 2.45) is 5.92 Å². The molecule has 0 aromatic heterocycles. The van der Waals surface area contributed by atoms with Gasteiger partial charge in [0.2, 0.25) is 0 Å². The third kappa shape index (κ3) is 3.82. The Hall–Kier alpha value is -2.56. The van der Waals surface area contributed by atoms with Crippen LogP contribution in [0.3, 0.4) is 0 Å². The van der Waals surface area contributed by atoms with Crippen molar-refractivity contribution in [3.05, 3.63) is 58.9 Å². The normalized spacial score (nSPS) is 16.6. The molecule has 0 radical (unpaired) electrons. The van der Waals surface area contributed by atoms with E-state index >= 15 is 0 Å². The second-order valence-electron chi connectivity index (χ2n) is 6.76. The fraction of sp³-hybridized carbons (Fsp3) is 0.381. The number of likely N-dealkylation sites (tertiary alicyclic amines) is 1. The Morgan fingerprint density at radius 2 is 1.92 bits per heavy atom. The van der Waals surface area contributed by atoms with E-state index in [1.807, 2.05) is 30.0 Å². The van der Waals surface area contributed by atoms with Gasteiger partial charge in [-0.05, 0) is 61.1 Å². The summed E-state index contributed by atoms with van der Waals surface area (Å²) < 4.78 is 24.1. The standard InChI is InChI=1S/C21H24FNO3/c1-14-4-6-17(22)12-18(14)21(24)23-9-8-16(13-23)10-15-5-7-19(25-2)20(11-15)26-3/h4-7,11-12,16H,8-10,13H2,1-3H3. The average molecular weight is 357 g/mol. The van der Waals surface area contributed by atoms with E-state index in [-0.39, 0.29) is 11.7 Å². The summed E-state index contributed by atoms with van der Waals surface area (Å²) in [6.07, 6.45) is 1.81. The quantitative estimate of drug-likeness (QED) is 0.816. The van der Waals surface area contributed by atoms with Gasteiger partial charge < -0.3 is 14.4 Å². The molecule has 0 aliphatic carbocycles. The smallest absolute Gasteiger partial charge is 0.254 e. The first kappa shape index (κ1) is 18.2. The molecule has 2 aromatic rings. The molecule has 1 unspecified atom stereocenters. The van der Waals surface area contributed by atoms with Gasteiger partial charge in [0, 0.05) is 18.7 Å². The molecule has 5 heteroatoms. The van der Waals surface area contributed by atoms with Gasteiger partial charge in [-0.3, -0.25) is 4.79 Å². The van der Waals surface area contributed by atoms with Crippen LogP contribution >= 0.6 is 0 Å². The van der Waals surface area contributed by atoms with E-state index in [2.05, 4.69) is 0 Å². The predicted molar refractivity (Wildman–Crippen MR) is 98.4 cm³/mol. The van der Waals surface area contributed by atoms with Crippen molar-refractivity contribution >= 4 is 5.91 Å². The fourth-order valence-corrected chi connectivity index (χ4v) is 3.52. The lowest BCUT2D eigenvalue weighted by Crippen LogP contribution is -2.29. The van der Waals surface area contributed by atoms with Crippen LogP contribution in [0.5, 0.6) is 11.5 Å². The number of carbonyl (C=O) groups is 1. The van der Waals surface area contributed by atoms with Gasteiger partial charge in [0.05, 0.1) is 14.2 Å². The van der Waals surface area contributed by atoms with Crippen molar-refractivity contribution in [3.8, 4) is 11.5 Å². The summed E-state index contributed by atoms with van der Waals surface area (Å²) in [5.74, 6) is 1.34. The SMILES string of the molecule is COc1ccc(CC2CCN(C(=O)c3cc(F)ccc3C)C2)cc1OC. The number of benzene rings is 2. The maximum Gasteiger partial charge on any atom is 0.254 e. The molecule has 0 saturated carbocycles. The Balaban J connectivity index is 1.67. The Bertz CT molecular complexity index is 806. The van der Waals surface area contributed by atoms with E-state index in [1.165, 1.54) is 12.1 Å². The average Bonchev–Trinajstić information content (AvgIpc) is 3.11. The summed E-state index contributed by atoms with van der Waals surface area (Å²) in [5.41, 5.74) is 2.42. The van der Waals surface area contributed by atoms with Gasteiger partial charge in [0.25, 0.3) is 5.91 Å². The number of nitrogens with zero attached hydrogens (tertiary/aromatic N) is 1. The summed E-state index contributed by atoms with van der Waals surface area (Å²) in [6.45, 7) is 3.22. The molecule has 4 nitrogen and oxygen atoms in total. The summed E-state index contributed by atoms with van der Waals surface area (Å²) >= 11 is 0. The van der Waals surface area contributed by atoms with Gasteiger partial charge in [-0.2, -0.15) is 0 Å². The highest BCUT2D eigenvalue weighted by atomic mass is 19.1. The number of halogens is 1. The minimum Gasteiger partial charge on any atom is -0.493 e. The Kier molecular flexibility index (Phi) is 5.45. The van der Waals surface area contributed by atoms with Crippen LogP contribution < -0.4 is 9.47 Å². The zero-order valence-corrected chi connectivity index (χ0v) is 15.4. The molecule has 3 rings (SSSR count). The number of carbonyl (C=O) groups excluding carboxylic acids is 1. The summed E-state index contributed by atoms with van der Waals surface area (Å²) in [7, 11) is 3.24. The monoisotopic (exact) mass is 357 g/mol. The lowest BCUT2D eigenvalue weighted by atomic mass is 9.98. The van der Waals surface area contributed by atoms with Crippen LogP contribution in [0.1, 0.15) is 27.9 Å². The molecule has 138 valence electrons. The third-order valence-electron chi connectivity index (χ3n) is 4.98. The van der Waals surface area contributed by atoms with Crippen LogP contribution in [0.4, 0.5) is 4.39 Å². The van der Waals surface area contributed by atoms with Gasteiger partial charge in [0.1, 0.15) is 5.82 Å². The van der Waals surface area contributed by atoms with Crippen LogP contribution in [-0.4, -0.2) is 38.1 Å². The van der Waals surface area contributed by atoms with Crippen molar-refractivity contribution in [2.75, 3.05) is 27.3 Å². The number of aryl methyl sites for hydroxylation is 1. The van der Waals surface area contributed by atoms with Gasteiger partial charge in [0.15, 0.2) is 11.5 Å². The summed E-state index contributed by atoms with van der Waals surface area (Å²) in [6, 6.07) is 10.3. The van der Waals surface area contributed by atoms with E-state index in [0.29, 0.717) is 36.1 Å². The van der Waals surface area contributed by atoms with Crippen molar-refractivity contribution in [3.63, 3.8) is 0 Å². The van der Waals surface area contributed by atoms with Crippen molar-refractivity contribution in [1.82, 2.24) is 4.90 Å². The zero-order valence-electron chi connectivity index (χ0n) is 15.4. The molecule has 26 heavy (non-hydrogen) atoms. The van der Waals surface area contributed by atoms with Crippen LogP contribution in [0.25, 0.3) is 0 Å². The minimum absolute atomic E-state index is 0.0863. The second-order valence-corrected chi connectivity index (χ2v) is 6.76. The molecule has 1 aliphatic heterocycles. The van der Waals surface area contributed by atoms with Crippen LogP contribution in [0, 0.1) is 18.7 Å². The molecule has 1 amide bonds. The maximum atomic E-state index is 13.5. The number of hydrogen-bond acceptors (Lipinski definition) is 3. The van der Waals surface area contributed by atoms with Gasteiger partial charge in [-0.15, -0.1) is 0 Å². The molecule has 0 bridgehead atoms. The van der Waals surface area contributed by atoms with E-state index in [0.717, 1.165) is 24.0 Å². The third-order valence-corrected chi connectivity index (χ3v) is 4.98. The molecular formula is C21H24FNO3. The minimum atomic E-state index is -0.375. The van der Waals surface area contributed by atoms with Gasteiger partial charge in [-0.25, -0.2) is 4.39 Å². The molecule has 0 N–H and O–H groups in total. The van der Waals surface area contributed by atoms with E-state index in [4.69, 9.17) is 9.47 Å². The Morgan fingerprint density at radius 3 is 2.65 bits per heavy atom. The van der Waals surface area contributed by atoms with Crippen molar-refractivity contribution in [2.45, 2.75) is 19.8 Å². The molecule has 1 heterocycles. The summed E-state index contributed by atoms with van der Waals surface area (Å²) in [4.78, 5) is 14.6. The van der Waals surface area contributed by atoms with E-state index < -0.39 is 0 Å². The lowest BCUT2D eigenvalue weighted by molar-refractivity contribution is 0.0786. The van der Waals surface area contributed by atoms with Gasteiger partial charge >= 0.3 is 0 Å². The molecule has 1 aliphatic rings. The van der Waals surface area contributed by atoms with Crippen LogP contribution in [-0.2, 0) is 6.42 Å². The van der Waals surface area contributed by atoms with E-state index in [9.17, 15) is 9.18 Å². The number of methoxy groups -OCH3 is 2. The van der Waals surface area contributed by atoms with E-state index in [1.54, 1.807) is 20.3 Å². The predicted octanol–water partition coefficient (Wildman–Crippen LogP) is 3.86. The lowest BCUT2D eigenvalue weighted by Gasteiger charge is -2.18. The highest BCUT2D eigenvalue weighted by Crippen LogP contribution is 2.30.